The molecular weight excluding hydrogens is 278 g/mol. The van der Waals surface area contributed by atoms with Crippen LogP contribution in [-0.2, 0) is 0 Å². The highest BCUT2D eigenvalue weighted by Gasteiger charge is 2.17. The van der Waals surface area contributed by atoms with Crippen LogP contribution in [0.1, 0.15) is 16.2 Å². The number of ketones is 1. The first-order valence-corrected chi connectivity index (χ1v) is 6.86. The molecule has 0 amide bonds. The summed E-state index contributed by atoms with van der Waals surface area (Å²) < 4.78 is 5.50. The van der Waals surface area contributed by atoms with Gasteiger partial charge in [-0.1, -0.05) is 30.3 Å². The molecule has 0 aliphatic carbocycles. The van der Waals surface area contributed by atoms with Crippen LogP contribution in [0.25, 0.3) is 11.5 Å². The highest BCUT2D eigenvalue weighted by atomic mass is 16.4. The zero-order chi connectivity index (χ0) is 15.5. The minimum Gasteiger partial charge on any atom is -0.413 e. The van der Waals surface area contributed by atoms with Gasteiger partial charge in [0.15, 0.2) is 0 Å². The summed E-state index contributed by atoms with van der Waals surface area (Å²) in [5.41, 5.74) is 2.38. The Morgan fingerprint density at radius 2 is 1.64 bits per heavy atom. The number of carbonyl (C=O) groups is 1. The fraction of sp³-hybridized carbons (Fsp3) is 0.118. The molecular formula is C17H15N3O2. The van der Waals surface area contributed by atoms with Gasteiger partial charge >= 0.3 is 0 Å². The van der Waals surface area contributed by atoms with Crippen molar-refractivity contribution in [3.8, 4) is 11.5 Å². The maximum absolute atomic E-state index is 12.2. The molecule has 0 spiro atoms. The lowest BCUT2D eigenvalue weighted by Gasteiger charge is -2.11. The quantitative estimate of drug-likeness (QED) is 0.692. The van der Waals surface area contributed by atoms with Crippen molar-refractivity contribution in [2.75, 3.05) is 19.0 Å². The minimum absolute atomic E-state index is 0.00196. The Kier molecular flexibility index (Phi) is 3.70. The first kappa shape index (κ1) is 14.0. The van der Waals surface area contributed by atoms with Crippen LogP contribution >= 0.6 is 0 Å². The van der Waals surface area contributed by atoms with Gasteiger partial charge in [0.25, 0.3) is 5.89 Å². The number of hydrogen-bond acceptors (Lipinski definition) is 5. The summed E-state index contributed by atoms with van der Waals surface area (Å²) in [5.74, 6) is 0.0618. The molecule has 0 aliphatic rings. The van der Waals surface area contributed by atoms with Gasteiger partial charge in [-0.3, -0.25) is 4.79 Å². The summed E-state index contributed by atoms with van der Waals surface area (Å²) in [7, 11) is 3.94. The van der Waals surface area contributed by atoms with Crippen LogP contribution in [0, 0.1) is 0 Å². The van der Waals surface area contributed by atoms with E-state index >= 15 is 0 Å². The lowest BCUT2D eigenvalue weighted by Crippen LogP contribution is -2.07. The Morgan fingerprint density at radius 1 is 0.955 bits per heavy atom. The van der Waals surface area contributed by atoms with Crippen LogP contribution < -0.4 is 4.90 Å². The van der Waals surface area contributed by atoms with Crippen molar-refractivity contribution in [3.05, 3.63) is 66.1 Å². The Bertz CT molecular complexity index is 777. The Hall–Kier alpha value is -2.95. The van der Waals surface area contributed by atoms with Crippen LogP contribution in [0.2, 0.25) is 0 Å². The van der Waals surface area contributed by atoms with E-state index in [1.807, 2.05) is 49.3 Å². The van der Waals surface area contributed by atoms with Crippen LogP contribution in [-0.4, -0.2) is 30.1 Å². The fourth-order valence-corrected chi connectivity index (χ4v) is 2.05. The number of rotatable bonds is 4. The lowest BCUT2D eigenvalue weighted by atomic mass is 10.1. The number of hydrogen-bond donors (Lipinski definition) is 0. The summed E-state index contributed by atoms with van der Waals surface area (Å²) in [6.07, 6.45) is 0. The number of carbonyl (C=O) groups excluding carboxylic acids is 1. The average Bonchev–Trinajstić information content (AvgIpc) is 3.05. The second-order valence-corrected chi connectivity index (χ2v) is 5.05. The third-order valence-corrected chi connectivity index (χ3v) is 3.29. The molecule has 0 N–H and O–H groups in total. The molecule has 5 nitrogen and oxygen atoms in total. The number of anilines is 1. The maximum atomic E-state index is 12.2. The normalized spacial score (nSPS) is 10.5. The number of nitrogens with zero attached hydrogens (tertiary/aromatic N) is 3. The molecule has 3 rings (SSSR count). The van der Waals surface area contributed by atoms with Gasteiger partial charge in [-0.05, 0) is 24.3 Å². The molecule has 0 aliphatic heterocycles. The monoisotopic (exact) mass is 293 g/mol. The van der Waals surface area contributed by atoms with E-state index in [-0.39, 0.29) is 11.7 Å². The molecule has 22 heavy (non-hydrogen) atoms. The SMILES string of the molecule is CN(C)c1ccc(-c2nnc(C(=O)c3ccccc3)o2)cc1. The van der Waals surface area contributed by atoms with E-state index in [0.29, 0.717) is 11.5 Å². The highest BCUT2D eigenvalue weighted by molar-refractivity contribution is 6.05. The van der Waals surface area contributed by atoms with Crippen molar-refractivity contribution < 1.29 is 9.21 Å². The molecule has 2 aromatic carbocycles. The van der Waals surface area contributed by atoms with Gasteiger partial charge in [0.05, 0.1) is 0 Å². The third kappa shape index (κ3) is 2.74. The molecule has 0 saturated carbocycles. The van der Waals surface area contributed by atoms with Gasteiger partial charge in [-0.15, -0.1) is 10.2 Å². The van der Waals surface area contributed by atoms with Crippen molar-refractivity contribution >= 4 is 11.5 Å². The van der Waals surface area contributed by atoms with Crippen molar-refractivity contribution in [1.29, 1.82) is 0 Å². The zero-order valence-corrected chi connectivity index (χ0v) is 12.4. The van der Waals surface area contributed by atoms with E-state index in [1.54, 1.807) is 24.3 Å². The molecule has 0 fully saturated rings. The van der Waals surface area contributed by atoms with Gasteiger partial charge in [-0.2, -0.15) is 0 Å². The Balaban J connectivity index is 1.86. The van der Waals surface area contributed by atoms with E-state index in [0.717, 1.165) is 11.3 Å². The van der Waals surface area contributed by atoms with Crippen molar-refractivity contribution in [3.63, 3.8) is 0 Å². The largest absolute Gasteiger partial charge is 0.413 e. The maximum Gasteiger partial charge on any atom is 0.289 e. The molecule has 0 bridgehead atoms. The molecule has 110 valence electrons. The van der Waals surface area contributed by atoms with Crippen molar-refractivity contribution in [2.45, 2.75) is 0 Å². The van der Waals surface area contributed by atoms with E-state index < -0.39 is 0 Å². The second-order valence-electron chi connectivity index (χ2n) is 5.05. The number of aromatic nitrogens is 2. The second kappa shape index (κ2) is 5.81. The van der Waals surface area contributed by atoms with Gasteiger partial charge in [0.1, 0.15) is 0 Å². The van der Waals surface area contributed by atoms with Gasteiger partial charge in [-0.25, -0.2) is 0 Å². The first-order chi connectivity index (χ1) is 10.6. The molecule has 0 atom stereocenters. The van der Waals surface area contributed by atoms with E-state index in [1.165, 1.54) is 0 Å². The number of benzene rings is 2. The molecule has 5 heteroatoms. The molecule has 3 aromatic rings. The van der Waals surface area contributed by atoms with Gasteiger partial charge in [0.2, 0.25) is 11.7 Å². The molecule has 0 saturated heterocycles. The van der Waals surface area contributed by atoms with E-state index in [2.05, 4.69) is 10.2 Å². The Morgan fingerprint density at radius 3 is 2.27 bits per heavy atom. The lowest BCUT2D eigenvalue weighted by molar-refractivity contribution is 0.100. The van der Waals surface area contributed by atoms with E-state index in [9.17, 15) is 4.79 Å². The summed E-state index contributed by atoms with van der Waals surface area (Å²) in [6.45, 7) is 0. The average molecular weight is 293 g/mol. The van der Waals surface area contributed by atoms with Gasteiger partial charge in [0, 0.05) is 30.9 Å². The van der Waals surface area contributed by atoms with Crippen LogP contribution in [0.5, 0.6) is 0 Å². The summed E-state index contributed by atoms with van der Waals surface area (Å²) >= 11 is 0. The topological polar surface area (TPSA) is 59.2 Å². The van der Waals surface area contributed by atoms with Crippen molar-refractivity contribution in [2.24, 2.45) is 0 Å². The fourth-order valence-electron chi connectivity index (χ4n) is 2.05. The van der Waals surface area contributed by atoms with E-state index in [4.69, 9.17) is 4.42 Å². The van der Waals surface area contributed by atoms with Crippen LogP contribution in [0.15, 0.2) is 59.0 Å². The van der Waals surface area contributed by atoms with Crippen molar-refractivity contribution in [1.82, 2.24) is 10.2 Å². The smallest absolute Gasteiger partial charge is 0.289 e. The summed E-state index contributed by atoms with van der Waals surface area (Å²) in [5, 5.41) is 7.81. The molecule has 1 aromatic heterocycles. The summed E-state index contributed by atoms with van der Waals surface area (Å²) in [4.78, 5) is 14.2. The Labute approximate surface area is 128 Å². The molecule has 0 unspecified atom stereocenters. The zero-order valence-electron chi connectivity index (χ0n) is 12.4. The standard InChI is InChI=1S/C17H15N3O2/c1-20(2)14-10-8-13(9-11-14)16-18-19-17(22-16)15(21)12-6-4-3-5-7-12/h3-11H,1-2H3. The molecule has 1 heterocycles. The minimum atomic E-state index is -0.274. The highest BCUT2D eigenvalue weighted by Crippen LogP contribution is 2.22. The van der Waals surface area contributed by atoms with Crippen LogP contribution in [0.3, 0.4) is 0 Å². The first-order valence-electron chi connectivity index (χ1n) is 6.86. The predicted molar refractivity (Wildman–Crippen MR) is 83.9 cm³/mol. The molecule has 0 radical (unpaired) electrons. The predicted octanol–water partition coefficient (Wildman–Crippen LogP) is 3.03. The van der Waals surface area contributed by atoms with Crippen LogP contribution in [0.4, 0.5) is 5.69 Å². The summed E-state index contributed by atoms with van der Waals surface area (Å²) in [6, 6.07) is 16.6. The third-order valence-electron chi connectivity index (χ3n) is 3.29. The van der Waals surface area contributed by atoms with Gasteiger partial charge < -0.3 is 9.32 Å².